The van der Waals surface area contributed by atoms with E-state index in [0.717, 1.165) is 12.3 Å². The van der Waals surface area contributed by atoms with Gasteiger partial charge in [-0.25, -0.2) is 13.2 Å². The summed E-state index contributed by atoms with van der Waals surface area (Å²) < 4.78 is 28.3. The van der Waals surface area contributed by atoms with Crippen LogP contribution in [0, 0.1) is 11.3 Å². The summed E-state index contributed by atoms with van der Waals surface area (Å²) in [5.74, 6) is -1.55. The first kappa shape index (κ1) is 20.4. The second kappa shape index (κ2) is 8.20. The van der Waals surface area contributed by atoms with Crippen LogP contribution in [0.4, 0.5) is 5.69 Å². The first-order valence-electron chi connectivity index (χ1n) is 7.63. The molecule has 0 saturated heterocycles. The van der Waals surface area contributed by atoms with Crippen molar-refractivity contribution in [3.63, 3.8) is 0 Å². The molecule has 0 spiro atoms. The van der Waals surface area contributed by atoms with Crippen LogP contribution in [0.3, 0.4) is 0 Å². The van der Waals surface area contributed by atoms with Gasteiger partial charge in [-0.15, -0.1) is 0 Å². The van der Waals surface area contributed by atoms with Crippen LogP contribution in [-0.4, -0.2) is 32.7 Å². The van der Waals surface area contributed by atoms with E-state index in [1.54, 1.807) is 18.2 Å². The van der Waals surface area contributed by atoms with Gasteiger partial charge in [0.15, 0.2) is 15.9 Å². The second-order valence-electron chi connectivity index (χ2n) is 5.64. The number of amides is 1. The fourth-order valence-corrected chi connectivity index (χ4v) is 2.92. The predicted octanol–water partition coefficient (Wildman–Crippen LogP) is 2.80. The van der Waals surface area contributed by atoms with Crippen LogP contribution in [0.1, 0.15) is 22.8 Å². The van der Waals surface area contributed by atoms with E-state index in [-0.39, 0.29) is 15.5 Å². The number of hydrogen-bond acceptors (Lipinski definition) is 6. The molecule has 0 bridgehead atoms. The molecular formula is C18H15ClN2O5S. The van der Waals surface area contributed by atoms with Crippen molar-refractivity contribution < 1.29 is 22.7 Å². The Morgan fingerprint density at radius 1 is 1.22 bits per heavy atom. The monoisotopic (exact) mass is 406 g/mol. The molecule has 1 atom stereocenters. The predicted molar refractivity (Wildman–Crippen MR) is 99.2 cm³/mol. The summed E-state index contributed by atoms with van der Waals surface area (Å²) in [6.45, 7) is 1.36. The Balaban J connectivity index is 2.13. The molecule has 140 valence electrons. The van der Waals surface area contributed by atoms with Gasteiger partial charge < -0.3 is 10.1 Å². The first-order valence-corrected chi connectivity index (χ1v) is 9.90. The Morgan fingerprint density at radius 2 is 1.93 bits per heavy atom. The molecule has 0 unspecified atom stereocenters. The van der Waals surface area contributed by atoms with Crippen molar-refractivity contribution in [2.75, 3.05) is 11.6 Å². The van der Waals surface area contributed by atoms with Gasteiger partial charge in [-0.2, -0.15) is 5.26 Å². The highest BCUT2D eigenvalue weighted by atomic mass is 35.5. The molecule has 0 aromatic heterocycles. The van der Waals surface area contributed by atoms with Crippen LogP contribution in [0.15, 0.2) is 47.4 Å². The number of ether oxygens (including phenoxy) is 1. The molecule has 0 heterocycles. The summed E-state index contributed by atoms with van der Waals surface area (Å²) in [5.41, 5.74) is 0.576. The third kappa shape index (κ3) is 5.29. The van der Waals surface area contributed by atoms with E-state index >= 15 is 0 Å². The van der Waals surface area contributed by atoms with E-state index in [1.807, 2.05) is 6.07 Å². The summed E-state index contributed by atoms with van der Waals surface area (Å²) in [7, 11) is -3.54. The number of esters is 1. The van der Waals surface area contributed by atoms with E-state index < -0.39 is 27.8 Å². The van der Waals surface area contributed by atoms with E-state index in [0.29, 0.717) is 11.3 Å². The summed E-state index contributed by atoms with van der Waals surface area (Å²) >= 11 is 5.94. The zero-order valence-corrected chi connectivity index (χ0v) is 16.0. The Hall–Kier alpha value is -2.89. The van der Waals surface area contributed by atoms with Gasteiger partial charge >= 0.3 is 5.97 Å². The highest BCUT2D eigenvalue weighted by Gasteiger charge is 2.22. The topological polar surface area (TPSA) is 113 Å². The number of nitrogens with one attached hydrogen (secondary N) is 1. The molecular weight excluding hydrogens is 392 g/mol. The number of anilines is 1. The number of carbonyl (C=O) groups excluding carboxylic acids is 2. The zero-order chi connectivity index (χ0) is 20.2. The van der Waals surface area contributed by atoms with Crippen molar-refractivity contribution >= 4 is 39.0 Å². The summed E-state index contributed by atoms with van der Waals surface area (Å²) in [4.78, 5) is 24.4. The summed E-state index contributed by atoms with van der Waals surface area (Å²) in [6.07, 6.45) is -0.183. The van der Waals surface area contributed by atoms with Crippen molar-refractivity contribution in [1.82, 2.24) is 0 Å². The van der Waals surface area contributed by atoms with E-state index in [2.05, 4.69) is 5.32 Å². The third-order valence-corrected chi connectivity index (χ3v) is 4.94. The molecule has 9 heteroatoms. The van der Waals surface area contributed by atoms with Gasteiger partial charge in [0.25, 0.3) is 5.91 Å². The standard InChI is InChI=1S/C18H15ClN2O5S/c1-11(17(22)21-13-5-3-4-12(8-13)10-20)26-18(23)15-9-14(27(2,24)25)6-7-16(15)19/h3-9,11H,1-2H3,(H,21,22)/t11-/m1/s1. The average molecular weight is 407 g/mol. The van der Waals surface area contributed by atoms with Gasteiger partial charge in [-0.3, -0.25) is 4.79 Å². The molecule has 2 aromatic rings. The summed E-state index contributed by atoms with van der Waals surface area (Å²) in [5, 5.41) is 11.4. The molecule has 0 saturated carbocycles. The Bertz CT molecular complexity index is 1040. The minimum absolute atomic E-state index is 0.00160. The van der Waals surface area contributed by atoms with Crippen LogP contribution in [0.25, 0.3) is 0 Å². The molecule has 7 nitrogen and oxygen atoms in total. The zero-order valence-electron chi connectivity index (χ0n) is 14.4. The molecule has 2 aromatic carbocycles. The maximum absolute atomic E-state index is 12.3. The quantitative estimate of drug-likeness (QED) is 0.764. The molecule has 2 rings (SSSR count). The van der Waals surface area contributed by atoms with Crippen LogP contribution < -0.4 is 5.32 Å². The van der Waals surface area contributed by atoms with Crippen molar-refractivity contribution in [2.24, 2.45) is 0 Å². The smallest absolute Gasteiger partial charge is 0.340 e. The summed E-state index contributed by atoms with van der Waals surface area (Å²) in [6, 6.07) is 11.8. The molecule has 0 aliphatic heterocycles. The van der Waals surface area contributed by atoms with E-state index in [4.69, 9.17) is 21.6 Å². The average Bonchev–Trinajstić information content (AvgIpc) is 2.61. The largest absolute Gasteiger partial charge is 0.449 e. The van der Waals surface area contributed by atoms with Crippen molar-refractivity contribution in [2.45, 2.75) is 17.9 Å². The molecule has 0 radical (unpaired) electrons. The van der Waals surface area contributed by atoms with Crippen LogP contribution in [0.5, 0.6) is 0 Å². The van der Waals surface area contributed by atoms with Crippen molar-refractivity contribution in [3.05, 3.63) is 58.6 Å². The van der Waals surface area contributed by atoms with Gasteiger partial charge in [0.1, 0.15) is 0 Å². The maximum atomic E-state index is 12.3. The molecule has 0 aliphatic rings. The van der Waals surface area contributed by atoms with Crippen LogP contribution in [-0.2, 0) is 19.4 Å². The molecule has 0 aliphatic carbocycles. The lowest BCUT2D eigenvalue weighted by Gasteiger charge is -2.14. The first-order chi connectivity index (χ1) is 12.6. The van der Waals surface area contributed by atoms with Gasteiger partial charge in [-0.05, 0) is 43.3 Å². The lowest BCUT2D eigenvalue weighted by molar-refractivity contribution is -0.123. The number of rotatable bonds is 5. The van der Waals surface area contributed by atoms with E-state index in [9.17, 15) is 18.0 Å². The van der Waals surface area contributed by atoms with Gasteiger partial charge in [-0.1, -0.05) is 17.7 Å². The Morgan fingerprint density at radius 3 is 2.56 bits per heavy atom. The normalized spacial score (nSPS) is 11.9. The van der Waals surface area contributed by atoms with Crippen LogP contribution in [0.2, 0.25) is 5.02 Å². The number of sulfone groups is 1. The fourth-order valence-electron chi connectivity index (χ4n) is 2.08. The molecule has 1 N–H and O–H groups in total. The van der Waals surface area contributed by atoms with Gasteiger partial charge in [0.05, 0.1) is 27.1 Å². The number of nitrogens with zero attached hydrogens (tertiary/aromatic N) is 1. The highest BCUT2D eigenvalue weighted by Crippen LogP contribution is 2.22. The number of hydrogen-bond donors (Lipinski definition) is 1. The number of benzene rings is 2. The lowest BCUT2D eigenvalue weighted by Crippen LogP contribution is -2.30. The minimum atomic E-state index is -3.54. The highest BCUT2D eigenvalue weighted by molar-refractivity contribution is 7.90. The van der Waals surface area contributed by atoms with Crippen molar-refractivity contribution in [1.29, 1.82) is 5.26 Å². The fraction of sp³-hybridized carbons (Fsp3) is 0.167. The van der Waals surface area contributed by atoms with Crippen LogP contribution >= 0.6 is 11.6 Å². The second-order valence-corrected chi connectivity index (χ2v) is 8.07. The maximum Gasteiger partial charge on any atom is 0.340 e. The van der Waals surface area contributed by atoms with E-state index in [1.165, 1.54) is 25.1 Å². The molecule has 0 fully saturated rings. The SMILES string of the molecule is C[C@@H](OC(=O)c1cc(S(C)(=O)=O)ccc1Cl)C(=O)Nc1cccc(C#N)c1. The van der Waals surface area contributed by atoms with Crippen molar-refractivity contribution in [3.8, 4) is 6.07 Å². The molecule has 27 heavy (non-hydrogen) atoms. The third-order valence-electron chi connectivity index (χ3n) is 3.50. The minimum Gasteiger partial charge on any atom is -0.449 e. The molecule has 1 amide bonds. The Kier molecular flexibility index (Phi) is 6.20. The Labute approximate surface area is 161 Å². The lowest BCUT2D eigenvalue weighted by atomic mass is 10.2. The number of nitriles is 1. The van der Waals surface area contributed by atoms with Gasteiger partial charge in [0.2, 0.25) is 0 Å². The van der Waals surface area contributed by atoms with Gasteiger partial charge in [0, 0.05) is 11.9 Å². The number of carbonyl (C=O) groups is 2. The number of halogens is 1.